The van der Waals surface area contributed by atoms with Crippen LogP contribution in [0.5, 0.6) is 0 Å². The molecular weight excluding hydrogens is 492 g/mol. The van der Waals surface area contributed by atoms with E-state index in [-0.39, 0.29) is 17.6 Å². The number of nitrogens with zero attached hydrogens (tertiary/aromatic N) is 4. The van der Waals surface area contributed by atoms with Crippen LogP contribution in [0.4, 0.5) is 30.9 Å². The van der Waals surface area contributed by atoms with E-state index in [1.807, 2.05) is 27.7 Å². The number of nitrogens with one attached hydrogen (secondary N) is 1. The Hall–Kier alpha value is -3.02. The average molecular weight is 526 g/mol. The van der Waals surface area contributed by atoms with Crippen LogP contribution in [0, 0.1) is 17.6 Å². The Kier molecular flexibility index (Phi) is 8.37. The van der Waals surface area contributed by atoms with Gasteiger partial charge < -0.3 is 19.9 Å². The standard InChI is InChI=1S/C24H33F2N5O4S/c1-6-30(14-16-7-9-31(10-8-16)23(32)35-24(2,3)4)22-13-21(27-15-28-22)29-19-11-18(26)20(12-17(19)25)36(5,33)34/h11-13,15-16H,6-10,14H2,1-5H3,(H,27,28,29). The van der Waals surface area contributed by atoms with E-state index in [4.69, 9.17) is 4.74 Å². The molecule has 0 aliphatic carbocycles. The average Bonchev–Trinajstić information content (AvgIpc) is 2.78. The smallest absolute Gasteiger partial charge is 0.410 e. The first-order chi connectivity index (χ1) is 16.8. The van der Waals surface area contributed by atoms with Crippen molar-refractivity contribution in [2.24, 2.45) is 5.92 Å². The van der Waals surface area contributed by atoms with Crippen molar-refractivity contribution in [3.63, 3.8) is 0 Å². The number of ether oxygens (including phenoxy) is 1. The highest BCUT2D eigenvalue weighted by Gasteiger charge is 2.28. The van der Waals surface area contributed by atoms with Crippen molar-refractivity contribution in [3.05, 3.63) is 36.2 Å². The summed E-state index contributed by atoms with van der Waals surface area (Å²) in [6.07, 6.45) is 3.49. The third kappa shape index (κ3) is 7.25. The van der Waals surface area contributed by atoms with Crippen LogP contribution in [0.25, 0.3) is 0 Å². The number of carbonyl (C=O) groups is 1. The Morgan fingerprint density at radius 3 is 2.42 bits per heavy atom. The summed E-state index contributed by atoms with van der Waals surface area (Å²) in [7, 11) is -3.90. The van der Waals surface area contributed by atoms with E-state index in [1.165, 1.54) is 6.33 Å². The second kappa shape index (κ2) is 10.9. The normalized spacial score (nSPS) is 15.0. The van der Waals surface area contributed by atoms with Crippen LogP contribution in [-0.2, 0) is 14.6 Å². The van der Waals surface area contributed by atoms with E-state index in [9.17, 15) is 22.0 Å². The number of sulfone groups is 1. The van der Waals surface area contributed by atoms with Gasteiger partial charge in [-0.3, -0.25) is 0 Å². The first-order valence-corrected chi connectivity index (χ1v) is 13.7. The first-order valence-electron chi connectivity index (χ1n) is 11.8. The van der Waals surface area contributed by atoms with Gasteiger partial charge >= 0.3 is 6.09 Å². The van der Waals surface area contributed by atoms with Crippen molar-refractivity contribution in [2.75, 3.05) is 42.7 Å². The predicted octanol–water partition coefficient (Wildman–Crippen LogP) is 4.38. The fraction of sp³-hybridized carbons (Fsp3) is 0.542. The zero-order valence-electron chi connectivity index (χ0n) is 21.2. The van der Waals surface area contributed by atoms with Gasteiger partial charge in [-0.15, -0.1) is 0 Å². The molecule has 0 spiro atoms. The number of benzene rings is 1. The van der Waals surface area contributed by atoms with Gasteiger partial charge in [-0.05, 0) is 52.5 Å². The highest BCUT2D eigenvalue weighted by molar-refractivity contribution is 7.90. The van der Waals surface area contributed by atoms with Crippen LogP contribution in [0.1, 0.15) is 40.5 Å². The molecule has 2 heterocycles. The van der Waals surface area contributed by atoms with E-state index in [0.717, 1.165) is 25.2 Å². The maximum atomic E-state index is 14.5. The van der Waals surface area contributed by atoms with Gasteiger partial charge in [-0.2, -0.15) is 0 Å². The minimum atomic E-state index is -3.90. The quantitative estimate of drug-likeness (QED) is 0.568. The van der Waals surface area contributed by atoms with Crippen LogP contribution in [0.3, 0.4) is 0 Å². The number of rotatable bonds is 7. The summed E-state index contributed by atoms with van der Waals surface area (Å²) in [6, 6.07) is 3.07. The number of aromatic nitrogens is 2. The van der Waals surface area contributed by atoms with Gasteiger partial charge in [0.15, 0.2) is 9.84 Å². The third-order valence-electron chi connectivity index (χ3n) is 5.79. The number of carbonyl (C=O) groups excluding carboxylic acids is 1. The highest BCUT2D eigenvalue weighted by atomic mass is 32.2. The van der Waals surface area contributed by atoms with Crippen LogP contribution in [-0.4, -0.2) is 67.4 Å². The highest BCUT2D eigenvalue weighted by Crippen LogP contribution is 2.27. The van der Waals surface area contributed by atoms with Crippen molar-refractivity contribution in [1.29, 1.82) is 0 Å². The summed E-state index contributed by atoms with van der Waals surface area (Å²) < 4.78 is 57.4. The summed E-state index contributed by atoms with van der Waals surface area (Å²) >= 11 is 0. The number of hydrogen-bond acceptors (Lipinski definition) is 8. The van der Waals surface area contributed by atoms with E-state index >= 15 is 0 Å². The van der Waals surface area contributed by atoms with Crippen LogP contribution >= 0.6 is 0 Å². The molecule has 3 rings (SSSR count). The molecule has 0 unspecified atom stereocenters. The van der Waals surface area contributed by atoms with E-state index in [2.05, 4.69) is 20.2 Å². The van der Waals surface area contributed by atoms with E-state index < -0.39 is 32.0 Å². The molecule has 1 aromatic carbocycles. The Morgan fingerprint density at radius 1 is 1.17 bits per heavy atom. The molecule has 2 aromatic rings. The molecule has 1 N–H and O–H groups in total. The van der Waals surface area contributed by atoms with Crippen molar-refractivity contribution in [2.45, 2.75) is 51.0 Å². The number of halogens is 2. The van der Waals surface area contributed by atoms with Gasteiger partial charge in [-0.25, -0.2) is 32.0 Å². The summed E-state index contributed by atoms with van der Waals surface area (Å²) in [4.78, 5) is 23.8. The molecule has 0 atom stereocenters. The lowest BCUT2D eigenvalue weighted by Crippen LogP contribution is -2.43. The number of likely N-dealkylation sites (tertiary alicyclic amines) is 1. The maximum Gasteiger partial charge on any atom is 0.410 e. The SMILES string of the molecule is CCN(CC1CCN(C(=O)OC(C)(C)C)CC1)c1cc(Nc2cc(F)c(S(C)(=O)=O)cc2F)ncn1. The molecule has 1 fully saturated rings. The zero-order valence-corrected chi connectivity index (χ0v) is 22.0. The number of amides is 1. The minimum Gasteiger partial charge on any atom is -0.444 e. The molecule has 198 valence electrons. The van der Waals surface area contributed by atoms with Crippen LogP contribution in [0.15, 0.2) is 29.4 Å². The van der Waals surface area contributed by atoms with Crippen molar-refractivity contribution in [3.8, 4) is 0 Å². The van der Waals surface area contributed by atoms with E-state index in [0.29, 0.717) is 44.0 Å². The molecule has 1 aliphatic heterocycles. The largest absolute Gasteiger partial charge is 0.444 e. The Morgan fingerprint density at radius 2 is 1.83 bits per heavy atom. The Bertz CT molecular complexity index is 1200. The first kappa shape index (κ1) is 27.6. The predicted molar refractivity (Wildman–Crippen MR) is 133 cm³/mol. The zero-order chi connectivity index (χ0) is 26.7. The molecular formula is C24H33F2N5O4S. The monoisotopic (exact) mass is 525 g/mol. The molecule has 1 aromatic heterocycles. The van der Waals surface area contributed by atoms with Gasteiger partial charge in [0.25, 0.3) is 0 Å². The molecule has 1 saturated heterocycles. The van der Waals surface area contributed by atoms with Gasteiger partial charge in [0, 0.05) is 44.6 Å². The van der Waals surface area contributed by atoms with Crippen molar-refractivity contribution >= 4 is 33.3 Å². The molecule has 1 amide bonds. The molecule has 0 saturated carbocycles. The summed E-state index contributed by atoms with van der Waals surface area (Å²) in [5.41, 5.74) is -0.766. The lowest BCUT2D eigenvalue weighted by atomic mass is 9.96. The topological polar surface area (TPSA) is 105 Å². The van der Waals surface area contributed by atoms with Gasteiger partial charge in [-0.1, -0.05) is 0 Å². The Balaban J connectivity index is 1.66. The third-order valence-corrected chi connectivity index (χ3v) is 6.90. The van der Waals surface area contributed by atoms with Gasteiger partial charge in [0.1, 0.15) is 40.1 Å². The minimum absolute atomic E-state index is 0.234. The van der Waals surface area contributed by atoms with E-state index in [1.54, 1.807) is 11.0 Å². The van der Waals surface area contributed by atoms with Crippen LogP contribution in [0.2, 0.25) is 0 Å². The fourth-order valence-corrected chi connectivity index (χ4v) is 4.69. The summed E-state index contributed by atoms with van der Waals surface area (Å²) in [5.74, 6) is -0.781. The van der Waals surface area contributed by atoms with Crippen LogP contribution < -0.4 is 10.2 Å². The molecule has 36 heavy (non-hydrogen) atoms. The van der Waals surface area contributed by atoms with Gasteiger partial charge in [0.2, 0.25) is 0 Å². The number of hydrogen-bond donors (Lipinski definition) is 1. The van der Waals surface area contributed by atoms with Gasteiger partial charge in [0.05, 0.1) is 5.69 Å². The number of anilines is 3. The molecule has 12 heteroatoms. The Labute approximate surface area is 210 Å². The van der Waals surface area contributed by atoms with Crippen molar-refractivity contribution in [1.82, 2.24) is 14.9 Å². The lowest BCUT2D eigenvalue weighted by Gasteiger charge is -2.35. The van der Waals surface area contributed by atoms with Crippen molar-refractivity contribution < 1.29 is 26.7 Å². The second-order valence-electron chi connectivity index (χ2n) is 9.87. The number of piperidine rings is 1. The maximum absolute atomic E-state index is 14.5. The molecule has 1 aliphatic rings. The lowest BCUT2D eigenvalue weighted by molar-refractivity contribution is 0.0186. The molecule has 0 radical (unpaired) electrons. The summed E-state index contributed by atoms with van der Waals surface area (Å²) in [5, 5.41) is 2.71. The fourth-order valence-electron chi connectivity index (χ4n) is 3.96. The molecule has 0 bridgehead atoms. The second-order valence-corrected chi connectivity index (χ2v) is 11.9. The molecule has 9 nitrogen and oxygen atoms in total. The summed E-state index contributed by atoms with van der Waals surface area (Å²) in [6.45, 7) is 10.1.